The largest absolute Gasteiger partial charge is 0.349 e. The number of aromatic nitrogens is 1. The van der Waals surface area contributed by atoms with Crippen LogP contribution in [0.4, 0.5) is 0 Å². The van der Waals surface area contributed by atoms with Crippen molar-refractivity contribution in [1.29, 1.82) is 0 Å². The van der Waals surface area contributed by atoms with Gasteiger partial charge in [-0.05, 0) is 50.3 Å². The first-order valence-electron chi connectivity index (χ1n) is 10.1. The molecule has 28 heavy (non-hydrogen) atoms. The van der Waals surface area contributed by atoms with Crippen LogP contribution in [0.3, 0.4) is 0 Å². The minimum Gasteiger partial charge on any atom is -0.349 e. The molecule has 2 aromatic rings. The Morgan fingerprint density at radius 3 is 2.79 bits per heavy atom. The van der Waals surface area contributed by atoms with Gasteiger partial charge in [-0.3, -0.25) is 14.6 Å². The van der Waals surface area contributed by atoms with Crippen molar-refractivity contribution < 1.29 is 9.59 Å². The van der Waals surface area contributed by atoms with E-state index in [-0.39, 0.29) is 23.9 Å². The van der Waals surface area contributed by atoms with E-state index in [9.17, 15) is 9.59 Å². The SMILES string of the molecule is C[C@]12C[C@@H](Cc3ccccc3)N(C(=O)c3cccnc3)[C@H]1CCCCC(=O)N2. The Bertz CT molecular complexity index is 839. The molecule has 5 nitrogen and oxygen atoms in total. The van der Waals surface area contributed by atoms with E-state index in [1.807, 2.05) is 29.2 Å². The number of rotatable bonds is 3. The number of hydrogen-bond acceptors (Lipinski definition) is 3. The van der Waals surface area contributed by atoms with Gasteiger partial charge in [0.25, 0.3) is 5.91 Å². The van der Waals surface area contributed by atoms with Gasteiger partial charge in [0.05, 0.1) is 17.1 Å². The molecule has 3 atom stereocenters. The van der Waals surface area contributed by atoms with Crippen LogP contribution in [0.15, 0.2) is 54.9 Å². The Labute approximate surface area is 166 Å². The molecule has 2 aliphatic heterocycles. The molecule has 0 saturated carbocycles. The average Bonchev–Trinajstić information content (AvgIpc) is 2.95. The van der Waals surface area contributed by atoms with Crippen molar-refractivity contribution >= 4 is 11.8 Å². The lowest BCUT2D eigenvalue weighted by Gasteiger charge is -2.38. The third kappa shape index (κ3) is 3.66. The summed E-state index contributed by atoms with van der Waals surface area (Å²) >= 11 is 0. The molecule has 5 heteroatoms. The maximum absolute atomic E-state index is 13.5. The molecule has 0 unspecified atom stereocenters. The van der Waals surface area contributed by atoms with Crippen LogP contribution in [0.5, 0.6) is 0 Å². The number of amides is 2. The van der Waals surface area contributed by atoms with Crippen LogP contribution < -0.4 is 5.32 Å². The quantitative estimate of drug-likeness (QED) is 0.892. The molecular formula is C23H27N3O2. The summed E-state index contributed by atoms with van der Waals surface area (Å²) in [6, 6.07) is 13.9. The summed E-state index contributed by atoms with van der Waals surface area (Å²) in [5, 5.41) is 3.26. The van der Waals surface area contributed by atoms with Crippen LogP contribution in [0.2, 0.25) is 0 Å². The third-order valence-electron chi connectivity index (χ3n) is 6.14. The van der Waals surface area contributed by atoms with Gasteiger partial charge < -0.3 is 10.2 Å². The highest BCUT2D eigenvalue weighted by Crippen LogP contribution is 2.39. The molecule has 1 aromatic heterocycles. The van der Waals surface area contributed by atoms with Crippen molar-refractivity contribution in [2.75, 3.05) is 0 Å². The van der Waals surface area contributed by atoms with Gasteiger partial charge in [0, 0.05) is 24.9 Å². The Balaban J connectivity index is 1.70. The molecule has 0 bridgehead atoms. The van der Waals surface area contributed by atoms with E-state index in [0.717, 1.165) is 32.1 Å². The molecule has 0 spiro atoms. The van der Waals surface area contributed by atoms with Crippen LogP contribution in [-0.4, -0.2) is 39.3 Å². The minimum absolute atomic E-state index is 0.00170. The first-order chi connectivity index (χ1) is 13.6. The summed E-state index contributed by atoms with van der Waals surface area (Å²) in [6.45, 7) is 2.11. The lowest BCUT2D eigenvalue weighted by molar-refractivity contribution is -0.123. The number of likely N-dealkylation sites (tertiary alicyclic amines) is 1. The van der Waals surface area contributed by atoms with Crippen LogP contribution in [0, 0.1) is 0 Å². The molecule has 4 rings (SSSR count). The number of benzene rings is 1. The fraction of sp³-hybridized carbons (Fsp3) is 0.435. The van der Waals surface area contributed by atoms with Crippen molar-refractivity contribution in [1.82, 2.24) is 15.2 Å². The number of carbonyl (C=O) groups excluding carboxylic acids is 2. The number of pyridine rings is 1. The van der Waals surface area contributed by atoms with Crippen LogP contribution >= 0.6 is 0 Å². The van der Waals surface area contributed by atoms with Crippen molar-refractivity contribution in [2.24, 2.45) is 0 Å². The second-order valence-corrected chi connectivity index (χ2v) is 8.23. The lowest BCUT2D eigenvalue weighted by Crippen LogP contribution is -2.56. The second kappa shape index (κ2) is 7.74. The Kier molecular flexibility index (Phi) is 5.16. The highest BCUT2D eigenvalue weighted by atomic mass is 16.2. The molecule has 2 saturated heterocycles. The van der Waals surface area contributed by atoms with Gasteiger partial charge in [-0.2, -0.15) is 0 Å². The van der Waals surface area contributed by atoms with E-state index in [1.165, 1.54) is 5.56 Å². The normalized spacial score (nSPS) is 27.5. The minimum atomic E-state index is -0.394. The first kappa shape index (κ1) is 18.7. The van der Waals surface area contributed by atoms with E-state index >= 15 is 0 Å². The Morgan fingerprint density at radius 2 is 2.04 bits per heavy atom. The van der Waals surface area contributed by atoms with Gasteiger partial charge in [-0.25, -0.2) is 0 Å². The molecular weight excluding hydrogens is 350 g/mol. The maximum Gasteiger partial charge on any atom is 0.256 e. The molecule has 1 N–H and O–H groups in total. The summed E-state index contributed by atoms with van der Waals surface area (Å²) in [6.07, 6.45) is 8.19. The van der Waals surface area contributed by atoms with E-state index in [1.54, 1.807) is 18.5 Å². The fourth-order valence-corrected chi connectivity index (χ4v) is 4.88. The van der Waals surface area contributed by atoms with E-state index in [4.69, 9.17) is 0 Å². The molecule has 1 aromatic carbocycles. The summed E-state index contributed by atoms with van der Waals surface area (Å²) in [5.41, 5.74) is 1.42. The maximum atomic E-state index is 13.5. The van der Waals surface area contributed by atoms with E-state index < -0.39 is 5.54 Å². The van der Waals surface area contributed by atoms with Gasteiger partial charge in [0.1, 0.15) is 0 Å². The van der Waals surface area contributed by atoms with Crippen molar-refractivity contribution in [3.05, 3.63) is 66.0 Å². The highest BCUT2D eigenvalue weighted by Gasteiger charge is 2.51. The number of nitrogens with one attached hydrogen (secondary N) is 1. The van der Waals surface area contributed by atoms with Crippen molar-refractivity contribution in [3.63, 3.8) is 0 Å². The second-order valence-electron chi connectivity index (χ2n) is 8.23. The zero-order valence-electron chi connectivity index (χ0n) is 16.3. The van der Waals surface area contributed by atoms with Crippen molar-refractivity contribution in [2.45, 2.75) is 63.1 Å². The summed E-state index contributed by atoms with van der Waals surface area (Å²) in [7, 11) is 0. The van der Waals surface area contributed by atoms with Crippen molar-refractivity contribution in [3.8, 4) is 0 Å². The molecule has 0 radical (unpaired) electrons. The molecule has 2 amide bonds. The smallest absolute Gasteiger partial charge is 0.256 e. The van der Waals surface area contributed by atoms with Crippen LogP contribution in [0.25, 0.3) is 0 Å². The number of nitrogens with zero attached hydrogens (tertiary/aromatic N) is 2. The van der Waals surface area contributed by atoms with Gasteiger partial charge in [-0.15, -0.1) is 0 Å². The number of carbonyl (C=O) groups is 2. The van der Waals surface area contributed by atoms with Gasteiger partial charge in [-0.1, -0.05) is 36.8 Å². The summed E-state index contributed by atoms with van der Waals surface area (Å²) in [4.78, 5) is 32.0. The van der Waals surface area contributed by atoms with Crippen LogP contribution in [0.1, 0.15) is 54.9 Å². The average molecular weight is 377 g/mol. The fourth-order valence-electron chi connectivity index (χ4n) is 4.88. The van der Waals surface area contributed by atoms with E-state index in [0.29, 0.717) is 12.0 Å². The monoisotopic (exact) mass is 377 g/mol. The zero-order valence-corrected chi connectivity index (χ0v) is 16.3. The molecule has 146 valence electrons. The highest BCUT2D eigenvalue weighted by molar-refractivity contribution is 5.95. The summed E-state index contributed by atoms with van der Waals surface area (Å²) < 4.78 is 0. The predicted octanol–water partition coefficient (Wildman–Crippen LogP) is 3.36. The Morgan fingerprint density at radius 1 is 1.21 bits per heavy atom. The molecule has 3 heterocycles. The first-order valence-corrected chi connectivity index (χ1v) is 10.1. The van der Waals surface area contributed by atoms with Gasteiger partial charge in [0.15, 0.2) is 0 Å². The topological polar surface area (TPSA) is 62.3 Å². The number of fused-ring (bicyclic) bond motifs is 1. The number of hydrogen-bond donors (Lipinski definition) is 1. The molecule has 0 aliphatic carbocycles. The molecule has 2 fully saturated rings. The predicted molar refractivity (Wildman–Crippen MR) is 108 cm³/mol. The molecule has 2 aliphatic rings. The summed E-state index contributed by atoms with van der Waals surface area (Å²) in [5.74, 6) is 0.110. The standard InChI is InChI=1S/C23H27N3O2/c1-23-15-19(14-17-8-3-2-4-9-17)26(22(28)18-10-7-13-24-16-18)20(23)11-5-6-12-21(27)25-23/h2-4,7-10,13,16,19-20H,5-6,11-12,14-15H2,1H3,(H,25,27)/t19-,20+,23+/m1/s1. The zero-order chi connectivity index (χ0) is 19.6. The third-order valence-corrected chi connectivity index (χ3v) is 6.14. The lowest BCUT2D eigenvalue weighted by atomic mass is 9.85. The van der Waals surface area contributed by atoms with E-state index in [2.05, 4.69) is 29.4 Å². The van der Waals surface area contributed by atoms with Gasteiger partial charge in [0.2, 0.25) is 5.91 Å². The van der Waals surface area contributed by atoms with Crippen LogP contribution in [-0.2, 0) is 11.2 Å². The van der Waals surface area contributed by atoms with Gasteiger partial charge >= 0.3 is 0 Å². The Hall–Kier alpha value is -2.69.